The molecule has 0 amide bonds. The lowest BCUT2D eigenvalue weighted by molar-refractivity contribution is 0.417. The van der Waals surface area contributed by atoms with E-state index in [9.17, 15) is 16.8 Å². The van der Waals surface area contributed by atoms with Crippen LogP contribution in [-0.4, -0.2) is 23.9 Å². The molecule has 3 aromatic rings. The summed E-state index contributed by atoms with van der Waals surface area (Å²) in [7, 11) is -6.40. The van der Waals surface area contributed by atoms with Crippen molar-refractivity contribution in [2.45, 2.75) is 24.7 Å². The van der Waals surface area contributed by atoms with Crippen LogP contribution in [0.15, 0.2) is 76.5 Å². The lowest BCUT2D eigenvalue weighted by Crippen LogP contribution is -2.19. The van der Waals surface area contributed by atoms with Crippen molar-refractivity contribution in [1.29, 1.82) is 0 Å². The van der Waals surface area contributed by atoms with Crippen molar-refractivity contribution in [2.75, 3.05) is 16.6 Å². The van der Waals surface area contributed by atoms with Crippen molar-refractivity contribution in [1.82, 2.24) is 0 Å². The fourth-order valence-electron chi connectivity index (χ4n) is 3.72. The number of allylic oxidation sites excluding steroid dienone is 1. The quantitative estimate of drug-likeness (QED) is 0.513. The van der Waals surface area contributed by atoms with Crippen LogP contribution in [0.1, 0.15) is 23.1 Å². The molecule has 0 bridgehead atoms. The molecule has 33 heavy (non-hydrogen) atoms. The van der Waals surface area contributed by atoms with Gasteiger partial charge < -0.3 is 4.74 Å². The number of nitrogens with one attached hydrogen (secondary N) is 2. The first-order valence-corrected chi connectivity index (χ1v) is 13.2. The van der Waals surface area contributed by atoms with E-state index in [0.717, 1.165) is 11.1 Å². The van der Waals surface area contributed by atoms with Crippen LogP contribution in [0.3, 0.4) is 0 Å². The maximum atomic E-state index is 13.1. The Labute approximate surface area is 194 Å². The van der Waals surface area contributed by atoms with Crippen LogP contribution in [0.5, 0.6) is 5.75 Å². The highest BCUT2D eigenvalue weighted by Crippen LogP contribution is 2.31. The zero-order chi connectivity index (χ0) is 23.6. The summed E-state index contributed by atoms with van der Waals surface area (Å²) >= 11 is 0. The molecule has 3 aromatic carbocycles. The fourth-order valence-corrected chi connectivity index (χ4v) is 6.28. The summed E-state index contributed by atoms with van der Waals surface area (Å²) in [5.74, 6) is 0.375. The number of rotatable bonds is 7. The van der Waals surface area contributed by atoms with Crippen LogP contribution < -0.4 is 14.2 Å². The number of benzene rings is 3. The molecule has 1 aliphatic carbocycles. The summed E-state index contributed by atoms with van der Waals surface area (Å²) in [4.78, 5) is 0.231. The van der Waals surface area contributed by atoms with E-state index in [0.29, 0.717) is 24.2 Å². The molecule has 9 heteroatoms. The molecule has 1 aliphatic rings. The number of para-hydroxylation sites is 2. The fraction of sp³-hybridized carbons (Fsp3) is 0.167. The van der Waals surface area contributed by atoms with Gasteiger partial charge in [-0.15, -0.1) is 0 Å². The molecule has 172 valence electrons. The average molecular weight is 485 g/mol. The third-order valence-electron chi connectivity index (χ3n) is 5.44. The van der Waals surface area contributed by atoms with Gasteiger partial charge in [0.25, 0.3) is 20.0 Å². The predicted molar refractivity (Wildman–Crippen MR) is 130 cm³/mol. The van der Waals surface area contributed by atoms with Crippen LogP contribution >= 0.6 is 0 Å². The van der Waals surface area contributed by atoms with Crippen molar-refractivity contribution in [3.8, 4) is 5.75 Å². The minimum Gasteiger partial charge on any atom is -0.495 e. The first kappa shape index (κ1) is 22.9. The Morgan fingerprint density at radius 3 is 2.33 bits per heavy atom. The normalized spacial score (nSPS) is 13.6. The van der Waals surface area contributed by atoms with Gasteiger partial charge in [0.1, 0.15) is 5.75 Å². The monoisotopic (exact) mass is 484 g/mol. The van der Waals surface area contributed by atoms with Gasteiger partial charge in [-0.1, -0.05) is 42.5 Å². The maximum Gasteiger partial charge on any atom is 0.262 e. The van der Waals surface area contributed by atoms with Gasteiger partial charge in [-0.05, 0) is 66.8 Å². The highest BCUT2D eigenvalue weighted by atomic mass is 32.2. The molecule has 0 heterocycles. The van der Waals surface area contributed by atoms with Crippen LogP contribution in [0.4, 0.5) is 11.4 Å². The van der Waals surface area contributed by atoms with Gasteiger partial charge in [0.2, 0.25) is 0 Å². The second kappa shape index (κ2) is 8.92. The van der Waals surface area contributed by atoms with Gasteiger partial charge in [-0.3, -0.25) is 9.44 Å². The Morgan fingerprint density at radius 1 is 0.818 bits per heavy atom. The molecule has 4 rings (SSSR count). The Kier molecular flexibility index (Phi) is 6.18. The van der Waals surface area contributed by atoms with Crippen molar-refractivity contribution in [3.63, 3.8) is 0 Å². The maximum absolute atomic E-state index is 13.1. The molecule has 0 saturated heterocycles. The summed E-state index contributed by atoms with van der Waals surface area (Å²) < 4.78 is 62.5. The molecule has 0 radical (unpaired) electrons. The molecule has 0 aromatic heterocycles. The Bertz CT molecular complexity index is 1450. The van der Waals surface area contributed by atoms with Crippen molar-refractivity contribution in [2.24, 2.45) is 0 Å². The van der Waals surface area contributed by atoms with Crippen LogP contribution in [0.2, 0.25) is 0 Å². The Hall–Kier alpha value is -3.30. The summed E-state index contributed by atoms with van der Waals surface area (Å²) in [6, 6.07) is 18.7. The van der Waals surface area contributed by atoms with E-state index >= 15 is 0 Å². The minimum absolute atomic E-state index is 0.0309. The van der Waals surface area contributed by atoms with Crippen molar-refractivity contribution >= 4 is 37.5 Å². The van der Waals surface area contributed by atoms with Gasteiger partial charge in [-0.2, -0.15) is 0 Å². The van der Waals surface area contributed by atoms with Gasteiger partial charge in [-0.25, -0.2) is 16.8 Å². The highest BCUT2D eigenvalue weighted by Gasteiger charge is 2.24. The van der Waals surface area contributed by atoms with E-state index in [-0.39, 0.29) is 21.2 Å². The number of anilines is 2. The van der Waals surface area contributed by atoms with Crippen LogP contribution in [-0.2, 0) is 26.5 Å². The number of hydrogen-bond donors (Lipinski definition) is 2. The van der Waals surface area contributed by atoms with E-state index in [2.05, 4.69) is 9.44 Å². The molecule has 0 saturated carbocycles. The third-order valence-corrected chi connectivity index (χ3v) is 8.46. The second-order valence-electron chi connectivity index (χ2n) is 7.70. The topological polar surface area (TPSA) is 102 Å². The summed E-state index contributed by atoms with van der Waals surface area (Å²) in [5.41, 5.74) is 2.91. The molecule has 7 nitrogen and oxygen atoms in total. The summed E-state index contributed by atoms with van der Waals surface area (Å²) in [5, 5.41) is 0. The standard InChI is InChI=1S/C24H24N2O5S2/c1-17-11-13-20(16-24(17)33(29,30)26-22-9-5-6-10-23(22)31-2)25-32(27,28)21-14-12-18-7-3-4-8-19(18)15-21/h3-11,13,15-16,25-26H,12,14H2,1-2H3. The number of aryl methyl sites for hydroxylation is 2. The second-order valence-corrected chi connectivity index (χ2v) is 11.1. The summed E-state index contributed by atoms with van der Waals surface area (Å²) in [6.07, 6.45) is 2.66. The molecule has 0 aliphatic heterocycles. The van der Waals surface area contributed by atoms with Gasteiger partial charge in [0.15, 0.2) is 0 Å². The highest BCUT2D eigenvalue weighted by molar-refractivity contribution is 7.96. The number of fused-ring (bicyclic) bond motifs is 1. The van der Waals surface area contributed by atoms with Crippen LogP contribution in [0.25, 0.3) is 6.08 Å². The first-order chi connectivity index (χ1) is 15.7. The van der Waals surface area contributed by atoms with E-state index in [1.54, 1.807) is 49.4 Å². The first-order valence-electron chi connectivity index (χ1n) is 10.3. The smallest absolute Gasteiger partial charge is 0.262 e. The molecule has 0 unspecified atom stereocenters. The number of hydrogen-bond acceptors (Lipinski definition) is 5. The molecule has 0 fully saturated rings. The SMILES string of the molecule is COc1ccccc1NS(=O)(=O)c1cc(NS(=O)(=O)C2=Cc3ccccc3CC2)ccc1C. The van der Waals surface area contributed by atoms with E-state index in [1.807, 2.05) is 24.3 Å². The van der Waals surface area contributed by atoms with E-state index in [4.69, 9.17) is 4.74 Å². The largest absolute Gasteiger partial charge is 0.495 e. The van der Waals surface area contributed by atoms with Crippen molar-refractivity contribution in [3.05, 3.63) is 88.3 Å². The summed E-state index contributed by atoms with van der Waals surface area (Å²) in [6.45, 7) is 1.65. The molecular weight excluding hydrogens is 460 g/mol. The molecular formula is C24H24N2O5S2. The zero-order valence-electron chi connectivity index (χ0n) is 18.2. The number of methoxy groups -OCH3 is 1. The van der Waals surface area contributed by atoms with Gasteiger partial charge in [0.05, 0.1) is 28.3 Å². The molecule has 0 atom stereocenters. The van der Waals surface area contributed by atoms with Crippen molar-refractivity contribution < 1.29 is 21.6 Å². The van der Waals surface area contributed by atoms with E-state index in [1.165, 1.54) is 13.2 Å². The lowest BCUT2D eigenvalue weighted by atomic mass is 9.98. The van der Waals surface area contributed by atoms with Gasteiger partial charge >= 0.3 is 0 Å². The third kappa shape index (κ3) is 4.89. The Balaban J connectivity index is 1.63. The zero-order valence-corrected chi connectivity index (χ0v) is 19.8. The Morgan fingerprint density at radius 2 is 1.55 bits per heavy atom. The molecule has 0 spiro atoms. The van der Waals surface area contributed by atoms with Crippen LogP contribution in [0, 0.1) is 6.92 Å². The number of sulfonamides is 2. The van der Waals surface area contributed by atoms with Gasteiger partial charge in [0, 0.05) is 0 Å². The average Bonchev–Trinajstić information content (AvgIpc) is 2.80. The minimum atomic E-state index is -4.00. The predicted octanol–water partition coefficient (Wildman–Crippen LogP) is 4.53. The number of ether oxygens (including phenoxy) is 1. The van der Waals surface area contributed by atoms with E-state index < -0.39 is 20.0 Å². The molecule has 2 N–H and O–H groups in total. The lowest BCUT2D eigenvalue weighted by Gasteiger charge is -2.18.